The first-order valence-electron chi connectivity index (χ1n) is 5.82. The second-order valence-electron chi connectivity index (χ2n) is 4.41. The van der Waals surface area contributed by atoms with Crippen LogP contribution in [0.3, 0.4) is 0 Å². The molecular formula is C15H11ClN2. The van der Waals surface area contributed by atoms with Gasteiger partial charge in [-0.05, 0) is 35.7 Å². The molecule has 0 spiro atoms. The van der Waals surface area contributed by atoms with E-state index >= 15 is 0 Å². The van der Waals surface area contributed by atoms with Crippen molar-refractivity contribution in [3.63, 3.8) is 0 Å². The van der Waals surface area contributed by atoms with Crippen molar-refractivity contribution in [1.82, 2.24) is 0 Å². The summed E-state index contributed by atoms with van der Waals surface area (Å²) < 4.78 is 0. The Morgan fingerprint density at radius 1 is 1.22 bits per heavy atom. The van der Waals surface area contributed by atoms with Gasteiger partial charge in [0.2, 0.25) is 0 Å². The second-order valence-corrected chi connectivity index (χ2v) is 4.81. The fraction of sp³-hybridized carbons (Fsp3) is 0.133. The van der Waals surface area contributed by atoms with E-state index in [-0.39, 0.29) is 6.04 Å². The molecule has 0 radical (unpaired) electrons. The van der Waals surface area contributed by atoms with Crippen molar-refractivity contribution in [2.75, 3.05) is 5.32 Å². The first-order chi connectivity index (χ1) is 8.78. The van der Waals surface area contributed by atoms with E-state index in [2.05, 4.69) is 11.4 Å². The summed E-state index contributed by atoms with van der Waals surface area (Å²) in [7, 11) is 0. The third kappa shape index (κ3) is 1.83. The third-order valence-electron chi connectivity index (χ3n) is 3.27. The van der Waals surface area contributed by atoms with Crippen LogP contribution in [-0.2, 0) is 6.42 Å². The van der Waals surface area contributed by atoms with Crippen molar-refractivity contribution >= 4 is 17.3 Å². The molecule has 0 aliphatic carbocycles. The van der Waals surface area contributed by atoms with Crippen molar-refractivity contribution in [2.24, 2.45) is 0 Å². The zero-order chi connectivity index (χ0) is 12.5. The summed E-state index contributed by atoms with van der Waals surface area (Å²) in [5.74, 6) is 0. The molecule has 0 aromatic heterocycles. The number of hydrogen-bond acceptors (Lipinski definition) is 2. The van der Waals surface area contributed by atoms with Gasteiger partial charge in [-0.2, -0.15) is 5.26 Å². The van der Waals surface area contributed by atoms with Gasteiger partial charge < -0.3 is 5.32 Å². The van der Waals surface area contributed by atoms with Crippen molar-refractivity contribution in [3.8, 4) is 6.07 Å². The Bertz CT molecular complexity index is 643. The summed E-state index contributed by atoms with van der Waals surface area (Å²) >= 11 is 6.21. The van der Waals surface area contributed by atoms with E-state index in [1.165, 1.54) is 5.56 Å². The second kappa shape index (κ2) is 4.36. The molecule has 18 heavy (non-hydrogen) atoms. The molecule has 0 saturated heterocycles. The Kier molecular flexibility index (Phi) is 2.70. The van der Waals surface area contributed by atoms with Crippen LogP contribution in [0.2, 0.25) is 5.02 Å². The standard InChI is InChI=1S/C15H11ClN2/c16-13-4-2-1-3-12(13)15-8-11-6-5-10(9-17)7-14(11)18-15/h1-7,15,18H,8H2. The number of rotatable bonds is 1. The summed E-state index contributed by atoms with van der Waals surface area (Å²) in [5, 5.41) is 13.1. The van der Waals surface area contributed by atoms with Gasteiger partial charge in [0.1, 0.15) is 0 Å². The minimum absolute atomic E-state index is 0.197. The van der Waals surface area contributed by atoms with Crippen LogP contribution in [0, 0.1) is 11.3 Å². The number of nitrogens with zero attached hydrogens (tertiary/aromatic N) is 1. The molecule has 1 N–H and O–H groups in total. The highest BCUT2D eigenvalue weighted by atomic mass is 35.5. The van der Waals surface area contributed by atoms with Gasteiger partial charge in [-0.3, -0.25) is 0 Å². The van der Waals surface area contributed by atoms with Crippen LogP contribution in [-0.4, -0.2) is 0 Å². The van der Waals surface area contributed by atoms with Crippen molar-refractivity contribution in [1.29, 1.82) is 5.26 Å². The lowest BCUT2D eigenvalue weighted by molar-refractivity contribution is 0.824. The molecule has 0 fully saturated rings. The number of fused-ring (bicyclic) bond motifs is 1. The number of nitriles is 1. The van der Waals surface area contributed by atoms with Gasteiger partial charge >= 0.3 is 0 Å². The molecule has 1 unspecified atom stereocenters. The van der Waals surface area contributed by atoms with Gasteiger partial charge in [0.15, 0.2) is 0 Å². The van der Waals surface area contributed by atoms with Crippen molar-refractivity contribution in [2.45, 2.75) is 12.5 Å². The number of benzene rings is 2. The highest BCUT2D eigenvalue weighted by Crippen LogP contribution is 2.36. The highest BCUT2D eigenvalue weighted by Gasteiger charge is 2.23. The molecular weight excluding hydrogens is 244 g/mol. The number of anilines is 1. The smallest absolute Gasteiger partial charge is 0.0992 e. The van der Waals surface area contributed by atoms with Crippen LogP contribution < -0.4 is 5.32 Å². The zero-order valence-corrected chi connectivity index (χ0v) is 10.4. The van der Waals surface area contributed by atoms with Crippen LogP contribution in [0.4, 0.5) is 5.69 Å². The molecule has 0 saturated carbocycles. The van der Waals surface area contributed by atoms with E-state index in [0.29, 0.717) is 5.56 Å². The zero-order valence-electron chi connectivity index (χ0n) is 9.65. The average Bonchev–Trinajstić information content (AvgIpc) is 2.81. The molecule has 88 valence electrons. The summed E-state index contributed by atoms with van der Waals surface area (Å²) in [6.45, 7) is 0. The van der Waals surface area contributed by atoms with Gasteiger partial charge in [-0.15, -0.1) is 0 Å². The lowest BCUT2D eigenvalue weighted by atomic mass is 10.0. The molecule has 0 bridgehead atoms. The summed E-state index contributed by atoms with van der Waals surface area (Å²) in [6, 6.07) is 16.0. The first kappa shape index (κ1) is 11.1. The van der Waals surface area contributed by atoms with Gasteiger partial charge in [-0.25, -0.2) is 0 Å². The van der Waals surface area contributed by atoms with Gasteiger partial charge in [0, 0.05) is 10.7 Å². The largest absolute Gasteiger partial charge is 0.378 e. The Balaban J connectivity index is 1.94. The van der Waals surface area contributed by atoms with Gasteiger partial charge in [0.25, 0.3) is 0 Å². The normalized spacial score (nSPS) is 16.8. The number of nitrogens with one attached hydrogen (secondary N) is 1. The van der Waals surface area contributed by atoms with E-state index in [1.807, 2.05) is 42.5 Å². The lowest BCUT2D eigenvalue weighted by Gasteiger charge is -2.13. The van der Waals surface area contributed by atoms with E-state index in [1.54, 1.807) is 0 Å². The summed E-state index contributed by atoms with van der Waals surface area (Å²) in [4.78, 5) is 0. The number of hydrogen-bond donors (Lipinski definition) is 1. The fourth-order valence-electron chi connectivity index (χ4n) is 2.36. The van der Waals surface area contributed by atoms with Crippen LogP contribution in [0.1, 0.15) is 22.7 Å². The molecule has 2 aromatic rings. The quantitative estimate of drug-likeness (QED) is 0.837. The topological polar surface area (TPSA) is 35.8 Å². The van der Waals surface area contributed by atoms with E-state index < -0.39 is 0 Å². The van der Waals surface area contributed by atoms with Crippen molar-refractivity contribution in [3.05, 3.63) is 64.2 Å². The summed E-state index contributed by atoms with van der Waals surface area (Å²) in [5.41, 5.74) is 4.06. The maximum atomic E-state index is 8.90. The minimum atomic E-state index is 0.197. The molecule has 2 aromatic carbocycles. The molecule has 1 aliphatic rings. The Morgan fingerprint density at radius 3 is 2.83 bits per heavy atom. The molecule has 1 atom stereocenters. The maximum absolute atomic E-state index is 8.90. The predicted molar refractivity (Wildman–Crippen MR) is 72.7 cm³/mol. The Morgan fingerprint density at radius 2 is 2.06 bits per heavy atom. The maximum Gasteiger partial charge on any atom is 0.0992 e. The van der Waals surface area contributed by atoms with Crippen molar-refractivity contribution < 1.29 is 0 Å². The predicted octanol–water partition coefficient (Wildman–Crippen LogP) is 3.92. The molecule has 3 rings (SSSR count). The lowest BCUT2D eigenvalue weighted by Crippen LogP contribution is -2.06. The molecule has 1 aliphatic heterocycles. The molecule has 0 amide bonds. The van der Waals surface area contributed by atoms with E-state index in [4.69, 9.17) is 16.9 Å². The highest BCUT2D eigenvalue weighted by molar-refractivity contribution is 6.31. The van der Waals surface area contributed by atoms with Crippen LogP contribution in [0.5, 0.6) is 0 Å². The van der Waals surface area contributed by atoms with Gasteiger partial charge in [-0.1, -0.05) is 35.9 Å². The van der Waals surface area contributed by atoms with Gasteiger partial charge in [0.05, 0.1) is 17.7 Å². The third-order valence-corrected chi connectivity index (χ3v) is 3.62. The minimum Gasteiger partial charge on any atom is -0.378 e. The van der Waals surface area contributed by atoms with E-state index in [0.717, 1.165) is 22.7 Å². The van der Waals surface area contributed by atoms with Crippen LogP contribution >= 0.6 is 11.6 Å². The molecule has 1 heterocycles. The summed E-state index contributed by atoms with van der Waals surface area (Å²) in [6.07, 6.45) is 0.908. The average molecular weight is 255 g/mol. The van der Waals surface area contributed by atoms with E-state index in [9.17, 15) is 0 Å². The van der Waals surface area contributed by atoms with Crippen LogP contribution in [0.15, 0.2) is 42.5 Å². The Labute approximate surface area is 111 Å². The van der Waals surface area contributed by atoms with Crippen LogP contribution in [0.25, 0.3) is 0 Å². The Hall–Kier alpha value is -1.98. The monoisotopic (exact) mass is 254 g/mol. The molecule has 2 nitrogen and oxygen atoms in total. The fourth-order valence-corrected chi connectivity index (χ4v) is 2.63. The number of halogens is 1. The molecule has 3 heteroatoms. The SMILES string of the molecule is N#Cc1ccc2c(c1)NC(c1ccccc1Cl)C2. The first-order valence-corrected chi connectivity index (χ1v) is 6.20.